The molecule has 1 heterocycles. The second-order valence-corrected chi connectivity index (χ2v) is 9.71. The molecule has 0 saturated carbocycles. The number of nitro groups is 2. The topological polar surface area (TPSA) is 120 Å². The lowest BCUT2D eigenvalue weighted by atomic mass is 10.0. The van der Waals surface area contributed by atoms with Crippen molar-refractivity contribution in [1.29, 1.82) is 0 Å². The van der Waals surface area contributed by atoms with Gasteiger partial charge in [-0.2, -0.15) is 0 Å². The highest BCUT2D eigenvalue weighted by molar-refractivity contribution is 8.10. The number of fused-ring (bicyclic) bond motifs is 3. The Labute approximate surface area is 208 Å². The van der Waals surface area contributed by atoms with Gasteiger partial charge in [0.2, 0.25) is 5.78 Å². The molecule has 6 rings (SSSR count). The van der Waals surface area contributed by atoms with E-state index in [0.717, 1.165) is 29.3 Å². The number of carbonyl (C=O) groups excluding carboxylic acids is 1. The number of hydrogen-bond acceptors (Lipinski definition) is 7. The summed E-state index contributed by atoms with van der Waals surface area (Å²) in [5.74, 6) is -0.399. The van der Waals surface area contributed by atoms with E-state index < -0.39 is 42.5 Å². The number of nitro benzene ring substituents is 2. The maximum Gasteiger partial charge on any atom is 0.289 e. The highest BCUT2D eigenvalue weighted by Crippen LogP contribution is 2.47. The molecule has 5 aromatic rings. The molecule has 0 amide bonds. The van der Waals surface area contributed by atoms with E-state index in [1.165, 1.54) is 0 Å². The molecular formula is C24H8Cl2N2O6S. The van der Waals surface area contributed by atoms with Crippen molar-refractivity contribution >= 4 is 89.3 Å². The average Bonchev–Trinajstić information content (AvgIpc) is 3.30. The Morgan fingerprint density at radius 2 is 1.40 bits per heavy atom. The van der Waals surface area contributed by atoms with E-state index in [1.54, 1.807) is 18.2 Å². The van der Waals surface area contributed by atoms with Crippen molar-refractivity contribution in [2.24, 2.45) is 0 Å². The molecule has 0 N–H and O–H groups in total. The summed E-state index contributed by atoms with van der Waals surface area (Å²) in [6, 6.07) is 13.1. The fourth-order valence-electron chi connectivity index (χ4n) is 4.66. The van der Waals surface area contributed by atoms with Crippen LogP contribution >= 0.6 is 35.0 Å². The summed E-state index contributed by atoms with van der Waals surface area (Å²) >= 11 is 13.6. The number of halogens is 2. The summed E-state index contributed by atoms with van der Waals surface area (Å²) in [5.41, 5.74) is -1.41. The van der Waals surface area contributed by atoms with Gasteiger partial charge in [-0.1, -0.05) is 65.3 Å². The van der Waals surface area contributed by atoms with Crippen LogP contribution < -0.4 is 10.6 Å². The first-order valence-corrected chi connectivity index (χ1v) is 11.6. The van der Waals surface area contributed by atoms with E-state index in [0.29, 0.717) is 15.8 Å². The molecule has 5 aromatic carbocycles. The van der Waals surface area contributed by atoms with Crippen LogP contribution in [0.15, 0.2) is 58.2 Å². The minimum Gasteiger partial charge on any atom is -0.289 e. The van der Waals surface area contributed by atoms with E-state index in [4.69, 9.17) is 23.2 Å². The molecule has 0 saturated heterocycles. The molecule has 0 radical (unpaired) electrons. The minimum absolute atomic E-state index is 0.0587. The Balaban J connectivity index is 1.83. The molecule has 1 aliphatic heterocycles. The van der Waals surface area contributed by atoms with E-state index in [-0.39, 0.29) is 31.7 Å². The summed E-state index contributed by atoms with van der Waals surface area (Å²) in [4.78, 5) is 49.8. The molecule has 0 fully saturated rings. The van der Waals surface area contributed by atoms with Crippen molar-refractivity contribution in [3.63, 3.8) is 0 Å². The zero-order valence-corrected chi connectivity index (χ0v) is 19.5. The molecule has 170 valence electrons. The molecule has 1 aliphatic rings. The first-order chi connectivity index (χ1) is 16.7. The molecule has 0 bridgehead atoms. The van der Waals surface area contributed by atoms with Gasteiger partial charge < -0.3 is 0 Å². The highest BCUT2D eigenvalue weighted by atomic mass is 35.5. The van der Waals surface area contributed by atoms with Crippen LogP contribution in [0.2, 0.25) is 10.0 Å². The van der Waals surface area contributed by atoms with Crippen LogP contribution in [0, 0.1) is 20.2 Å². The van der Waals surface area contributed by atoms with Crippen LogP contribution in [-0.2, 0) is 0 Å². The fraction of sp³-hybridized carbons (Fsp3) is 0. The Kier molecular flexibility index (Phi) is 4.56. The zero-order chi connectivity index (χ0) is 24.8. The fourth-order valence-corrected chi connectivity index (χ4v) is 6.49. The molecular weight excluding hydrogens is 515 g/mol. The van der Waals surface area contributed by atoms with Crippen LogP contribution in [0.5, 0.6) is 0 Å². The van der Waals surface area contributed by atoms with Gasteiger partial charge in [0, 0.05) is 49.4 Å². The van der Waals surface area contributed by atoms with Gasteiger partial charge >= 0.3 is 0 Å². The van der Waals surface area contributed by atoms with Crippen molar-refractivity contribution in [3.05, 3.63) is 99.8 Å². The molecule has 11 heteroatoms. The average molecular weight is 523 g/mol. The van der Waals surface area contributed by atoms with Crippen LogP contribution in [0.4, 0.5) is 11.4 Å². The highest BCUT2D eigenvalue weighted by Gasteiger charge is 2.33. The van der Waals surface area contributed by atoms with Gasteiger partial charge in [0.25, 0.3) is 11.4 Å². The van der Waals surface area contributed by atoms with Crippen molar-refractivity contribution in [2.75, 3.05) is 0 Å². The van der Waals surface area contributed by atoms with Gasteiger partial charge in [-0.25, -0.2) is 0 Å². The number of rotatable bonds is 2. The standard InChI is InChI=1S/C24H8Cl2N2O6S/c25-20-13(27(31)32)7-11-16-12(8-14(28(33)34)21(26)19(16)20)22(29)18(11)24-23(30)17-10-4-2-1-3-9(10)5-6-15(17)35-24/h1-8H. The van der Waals surface area contributed by atoms with Crippen LogP contribution in [0.1, 0.15) is 10.4 Å². The lowest BCUT2D eigenvalue weighted by Crippen LogP contribution is -2.23. The van der Waals surface area contributed by atoms with Crippen molar-refractivity contribution < 1.29 is 14.6 Å². The molecule has 0 atom stereocenters. The monoisotopic (exact) mass is 522 g/mol. The molecule has 0 aliphatic carbocycles. The van der Waals surface area contributed by atoms with Crippen LogP contribution in [0.25, 0.3) is 37.2 Å². The van der Waals surface area contributed by atoms with Gasteiger partial charge in [0.05, 0.1) is 14.8 Å². The summed E-state index contributed by atoms with van der Waals surface area (Å²) < 4.78 is 0. The lowest BCUT2D eigenvalue weighted by molar-refractivity contribution is -0.384. The third-order valence-corrected chi connectivity index (χ3v) is 8.06. The van der Waals surface area contributed by atoms with E-state index in [2.05, 4.69) is 0 Å². The molecule has 0 spiro atoms. The predicted molar refractivity (Wildman–Crippen MR) is 135 cm³/mol. The van der Waals surface area contributed by atoms with Crippen molar-refractivity contribution in [2.45, 2.75) is 4.90 Å². The molecule has 0 unspecified atom stereocenters. The summed E-state index contributed by atoms with van der Waals surface area (Å²) in [5, 5.41) is 24.0. The zero-order valence-electron chi connectivity index (χ0n) is 17.1. The summed E-state index contributed by atoms with van der Waals surface area (Å²) in [6.45, 7) is 0. The molecule has 35 heavy (non-hydrogen) atoms. The smallest absolute Gasteiger partial charge is 0.289 e. The third kappa shape index (κ3) is 2.83. The Hall–Kier alpha value is -3.79. The lowest BCUT2D eigenvalue weighted by Gasteiger charge is -2.06. The van der Waals surface area contributed by atoms with E-state index in [9.17, 15) is 29.8 Å². The first kappa shape index (κ1) is 21.7. The number of thioether (sulfide) groups is 1. The first-order valence-electron chi connectivity index (χ1n) is 10.0. The predicted octanol–water partition coefficient (Wildman–Crippen LogP) is 5.88. The number of hydrogen-bond donors (Lipinski definition) is 0. The maximum atomic E-state index is 13.6. The van der Waals surface area contributed by atoms with E-state index in [1.807, 2.05) is 18.2 Å². The molecule has 8 nitrogen and oxygen atoms in total. The Bertz CT molecular complexity index is 1950. The SMILES string of the molecule is O=C1C(=c2c(=O)c3cc([N+](=O)[O-])c(Cl)c4c(Cl)c([N+](=O)[O-])cc2c43)Sc2ccc3ccccc3c21. The number of ketones is 1. The van der Waals surface area contributed by atoms with Crippen molar-refractivity contribution in [1.82, 2.24) is 0 Å². The third-order valence-electron chi connectivity index (χ3n) is 6.14. The van der Waals surface area contributed by atoms with Gasteiger partial charge in [-0.3, -0.25) is 29.8 Å². The van der Waals surface area contributed by atoms with Gasteiger partial charge in [-0.05, 0) is 16.8 Å². The van der Waals surface area contributed by atoms with E-state index >= 15 is 0 Å². The quantitative estimate of drug-likeness (QED) is 0.209. The van der Waals surface area contributed by atoms with Gasteiger partial charge in [0.15, 0.2) is 5.43 Å². The van der Waals surface area contributed by atoms with Crippen LogP contribution in [-0.4, -0.2) is 15.6 Å². The normalized spacial score (nSPS) is 14.9. The van der Waals surface area contributed by atoms with Gasteiger partial charge in [-0.15, -0.1) is 0 Å². The minimum atomic E-state index is -0.789. The second-order valence-electron chi connectivity index (χ2n) is 7.90. The number of Topliss-reactive ketones (excluding diaryl/α,β-unsaturated/α-hetero) is 1. The van der Waals surface area contributed by atoms with Crippen molar-refractivity contribution in [3.8, 4) is 0 Å². The van der Waals surface area contributed by atoms with Crippen LogP contribution in [0.3, 0.4) is 0 Å². The largest absolute Gasteiger partial charge is 0.289 e. The Morgan fingerprint density at radius 1 is 0.771 bits per heavy atom. The number of benzene rings is 4. The Morgan fingerprint density at radius 3 is 2.06 bits per heavy atom. The molecule has 0 aromatic heterocycles. The second kappa shape index (κ2) is 7.35. The van der Waals surface area contributed by atoms with Gasteiger partial charge in [0.1, 0.15) is 10.0 Å². The maximum absolute atomic E-state index is 13.6. The number of nitrogens with zero attached hydrogens (tertiary/aromatic N) is 2. The number of carbonyl (C=O) groups is 1. The summed E-state index contributed by atoms with van der Waals surface area (Å²) in [6.07, 6.45) is 0. The summed E-state index contributed by atoms with van der Waals surface area (Å²) in [7, 11) is 0.